The van der Waals surface area contributed by atoms with Gasteiger partial charge >= 0.3 is 0 Å². The van der Waals surface area contributed by atoms with E-state index in [0.29, 0.717) is 0 Å². The largest absolute Gasteiger partial charge is 0.0826 e. The van der Waals surface area contributed by atoms with E-state index in [1.165, 1.54) is 50.0 Å². The van der Waals surface area contributed by atoms with Gasteiger partial charge in [-0.15, -0.1) is 0 Å². The van der Waals surface area contributed by atoms with Gasteiger partial charge in [0, 0.05) is 11.5 Å². The van der Waals surface area contributed by atoms with Crippen LogP contribution >= 0.6 is 31.4 Å². The number of hydrogen-bond donors (Lipinski definition) is 0. The first kappa shape index (κ1) is 14.1. The zero-order chi connectivity index (χ0) is 9.78. The van der Waals surface area contributed by atoms with Crippen molar-refractivity contribution in [3.05, 3.63) is 0 Å². The molecule has 0 saturated heterocycles. The third-order valence-corrected chi connectivity index (χ3v) is 6.17. The topological polar surface area (TPSA) is 0 Å². The predicted octanol–water partition coefficient (Wildman–Crippen LogP) is 5.40. The van der Waals surface area contributed by atoms with Gasteiger partial charge in [-0.1, -0.05) is 61.1 Å². The smallest absolute Gasteiger partial charge is 0.00451 e. The van der Waals surface area contributed by atoms with Gasteiger partial charge in [0.2, 0.25) is 0 Å². The van der Waals surface area contributed by atoms with Crippen LogP contribution in [0.4, 0.5) is 0 Å². The molecule has 0 aliphatic heterocycles. The Morgan fingerprint density at radius 3 is 1.54 bits per heavy atom. The van der Waals surface area contributed by atoms with Crippen molar-refractivity contribution >= 4 is 31.4 Å². The number of rotatable bonds is 10. The first-order valence-corrected chi connectivity index (χ1v) is 9.15. The minimum Gasteiger partial charge on any atom is -0.0826 e. The molecule has 0 rings (SSSR count). The zero-order valence-electron chi connectivity index (χ0n) is 8.88. The molecule has 0 aromatic heterocycles. The van der Waals surface area contributed by atoms with E-state index in [-0.39, 0.29) is 0 Å². The Labute approximate surface area is 95.2 Å². The van der Waals surface area contributed by atoms with E-state index in [0.717, 1.165) is 0 Å². The van der Waals surface area contributed by atoms with Gasteiger partial charge in [-0.2, -0.15) is 0 Å². The van der Waals surface area contributed by atoms with Crippen LogP contribution in [0, 0.1) is 0 Å². The maximum absolute atomic E-state index is 2.26. The van der Waals surface area contributed by atoms with E-state index in [1.807, 2.05) is 31.4 Å². The molecule has 0 radical (unpaired) electrons. The summed E-state index contributed by atoms with van der Waals surface area (Å²) in [7, 11) is 6.05. The quantitative estimate of drug-likeness (QED) is 0.369. The van der Waals surface area contributed by atoms with Crippen LogP contribution in [-0.4, -0.2) is 11.5 Å². The average Bonchev–Trinajstić information content (AvgIpc) is 2.16. The summed E-state index contributed by atoms with van der Waals surface area (Å²) in [5.41, 5.74) is 0. The maximum atomic E-state index is 2.26. The van der Waals surface area contributed by atoms with E-state index in [2.05, 4.69) is 13.8 Å². The summed E-state index contributed by atoms with van der Waals surface area (Å²) in [5, 5.41) is 0. The normalized spacial score (nSPS) is 10.6. The molecule has 0 aromatic rings. The highest BCUT2D eigenvalue weighted by molar-refractivity contribution is 9.09. The van der Waals surface area contributed by atoms with Gasteiger partial charge in [-0.05, 0) is 22.7 Å². The lowest BCUT2D eigenvalue weighted by molar-refractivity contribution is 0.779. The molecule has 0 heterocycles. The molecule has 0 nitrogen and oxygen atoms in total. The second-order valence-corrected chi connectivity index (χ2v) is 7.60. The Morgan fingerprint density at radius 2 is 1.15 bits per heavy atom. The van der Waals surface area contributed by atoms with Gasteiger partial charge in [0.25, 0.3) is 0 Å². The summed E-state index contributed by atoms with van der Waals surface area (Å²) in [4.78, 5) is 0. The van der Waals surface area contributed by atoms with Crippen LogP contribution in [0.3, 0.4) is 0 Å². The second-order valence-electron chi connectivity index (χ2n) is 3.13. The minimum atomic E-state index is 1.33. The fraction of sp³-hybridized carbons (Fsp3) is 1.00. The Balaban J connectivity index is 2.76. The Bertz CT molecular complexity index is 76.2. The molecule has 0 aliphatic rings. The Kier molecular flexibility index (Phi) is 14.1. The SMILES string of the molecule is CCCCCSSSCCCCC. The summed E-state index contributed by atoms with van der Waals surface area (Å²) >= 11 is 0. The third kappa shape index (κ3) is 13.1. The Morgan fingerprint density at radius 1 is 0.692 bits per heavy atom. The molecule has 0 atom stereocenters. The van der Waals surface area contributed by atoms with Crippen molar-refractivity contribution in [3.63, 3.8) is 0 Å². The van der Waals surface area contributed by atoms with Crippen LogP contribution in [0.1, 0.15) is 52.4 Å². The van der Waals surface area contributed by atoms with E-state index in [9.17, 15) is 0 Å². The van der Waals surface area contributed by atoms with Gasteiger partial charge in [0.1, 0.15) is 0 Å². The minimum absolute atomic E-state index is 1.33. The van der Waals surface area contributed by atoms with Crippen LogP contribution in [0.25, 0.3) is 0 Å². The van der Waals surface area contributed by atoms with E-state index < -0.39 is 0 Å². The van der Waals surface area contributed by atoms with Gasteiger partial charge in [-0.3, -0.25) is 0 Å². The van der Waals surface area contributed by atoms with E-state index in [4.69, 9.17) is 0 Å². The molecule has 13 heavy (non-hydrogen) atoms. The fourth-order valence-electron chi connectivity index (χ4n) is 0.924. The van der Waals surface area contributed by atoms with Crippen LogP contribution in [-0.2, 0) is 0 Å². The molecular formula is C10H22S3. The molecule has 0 unspecified atom stereocenters. The van der Waals surface area contributed by atoms with Crippen LogP contribution in [0.2, 0.25) is 0 Å². The molecule has 0 fully saturated rings. The van der Waals surface area contributed by atoms with Gasteiger partial charge in [-0.25, -0.2) is 0 Å². The van der Waals surface area contributed by atoms with Crippen molar-refractivity contribution in [2.75, 3.05) is 11.5 Å². The van der Waals surface area contributed by atoms with Gasteiger partial charge in [0.05, 0.1) is 0 Å². The number of unbranched alkanes of at least 4 members (excludes halogenated alkanes) is 4. The molecule has 0 saturated carbocycles. The average molecular weight is 238 g/mol. The predicted molar refractivity (Wildman–Crippen MR) is 71.6 cm³/mol. The summed E-state index contributed by atoms with van der Waals surface area (Å²) in [5.74, 6) is 2.67. The third-order valence-electron chi connectivity index (χ3n) is 1.76. The molecule has 0 bridgehead atoms. The lowest BCUT2D eigenvalue weighted by Crippen LogP contribution is -1.77. The van der Waals surface area contributed by atoms with Crippen molar-refractivity contribution in [1.29, 1.82) is 0 Å². The first-order chi connectivity index (χ1) is 6.41. The molecule has 0 spiro atoms. The van der Waals surface area contributed by atoms with Crippen LogP contribution in [0.15, 0.2) is 0 Å². The van der Waals surface area contributed by atoms with Crippen LogP contribution in [0.5, 0.6) is 0 Å². The molecule has 0 N–H and O–H groups in total. The second kappa shape index (κ2) is 13.1. The zero-order valence-corrected chi connectivity index (χ0v) is 11.3. The summed E-state index contributed by atoms with van der Waals surface area (Å²) < 4.78 is 0. The van der Waals surface area contributed by atoms with Crippen molar-refractivity contribution in [2.45, 2.75) is 52.4 Å². The summed E-state index contributed by atoms with van der Waals surface area (Å²) in [6.45, 7) is 4.52. The molecule has 3 heteroatoms. The highest BCUT2D eigenvalue weighted by Gasteiger charge is 1.92. The van der Waals surface area contributed by atoms with E-state index in [1.54, 1.807) is 0 Å². The van der Waals surface area contributed by atoms with Gasteiger partial charge < -0.3 is 0 Å². The summed E-state index contributed by atoms with van der Waals surface area (Å²) in [6, 6.07) is 0. The van der Waals surface area contributed by atoms with Crippen LogP contribution < -0.4 is 0 Å². The monoisotopic (exact) mass is 238 g/mol. The summed E-state index contributed by atoms with van der Waals surface area (Å²) in [6.07, 6.45) is 8.26. The molecule has 80 valence electrons. The lowest BCUT2D eigenvalue weighted by atomic mass is 10.3. The van der Waals surface area contributed by atoms with Crippen molar-refractivity contribution in [1.82, 2.24) is 0 Å². The van der Waals surface area contributed by atoms with E-state index >= 15 is 0 Å². The highest BCUT2D eigenvalue weighted by Crippen LogP contribution is 2.35. The lowest BCUT2D eigenvalue weighted by Gasteiger charge is -1.99. The maximum Gasteiger partial charge on any atom is 0.00451 e. The van der Waals surface area contributed by atoms with Crippen molar-refractivity contribution in [3.8, 4) is 0 Å². The highest BCUT2D eigenvalue weighted by atomic mass is 33.5. The molecule has 0 amide bonds. The van der Waals surface area contributed by atoms with Crippen molar-refractivity contribution < 1.29 is 0 Å². The molecular weight excluding hydrogens is 216 g/mol. The Hall–Kier alpha value is 1.05. The first-order valence-electron chi connectivity index (χ1n) is 5.32. The fourth-order valence-corrected chi connectivity index (χ4v) is 4.93. The van der Waals surface area contributed by atoms with Crippen molar-refractivity contribution in [2.24, 2.45) is 0 Å². The standard InChI is InChI=1S/C10H22S3/c1-3-5-7-9-11-13-12-10-8-6-4-2/h3-10H2,1-2H3. The van der Waals surface area contributed by atoms with Gasteiger partial charge in [0.15, 0.2) is 0 Å². The number of hydrogen-bond acceptors (Lipinski definition) is 3. The molecule has 0 aliphatic carbocycles. The molecule has 0 aromatic carbocycles.